The third-order valence-electron chi connectivity index (χ3n) is 5.01. The minimum absolute atomic E-state index is 0.0696. The van der Waals surface area contributed by atoms with Crippen LogP contribution < -0.4 is 0 Å². The monoisotopic (exact) mass is 309 g/mol. The summed E-state index contributed by atoms with van der Waals surface area (Å²) in [6.45, 7) is 0.518. The summed E-state index contributed by atoms with van der Waals surface area (Å²) >= 11 is 0. The Morgan fingerprint density at radius 3 is 2.35 bits per heavy atom. The van der Waals surface area contributed by atoms with Gasteiger partial charge in [-0.3, -0.25) is 0 Å². The maximum Gasteiger partial charge on any atom is 0.179 e. The number of aliphatic hydroxyl groups is 1. The molecule has 1 aliphatic heterocycles. The molecular weight excluding hydrogens is 286 g/mol. The van der Waals surface area contributed by atoms with Gasteiger partial charge in [-0.1, -0.05) is 48.5 Å². The van der Waals surface area contributed by atoms with E-state index < -0.39 is 5.79 Å². The number of hydrogen-bond donors (Lipinski definition) is 1. The molecule has 3 heteroatoms. The quantitative estimate of drug-likeness (QED) is 0.925. The molecular formula is C20H23NO2. The summed E-state index contributed by atoms with van der Waals surface area (Å²) in [6.07, 6.45) is 1.51. The molecule has 1 N–H and O–H groups in total. The fourth-order valence-corrected chi connectivity index (χ4v) is 4.20. The molecule has 0 radical (unpaired) electrons. The third-order valence-corrected chi connectivity index (χ3v) is 5.01. The molecule has 120 valence electrons. The second kappa shape index (κ2) is 5.45. The van der Waals surface area contributed by atoms with Crippen LogP contribution in [0.4, 0.5) is 0 Å². The first-order chi connectivity index (χ1) is 11.1. The molecule has 1 fully saturated rings. The van der Waals surface area contributed by atoms with Crippen molar-refractivity contribution in [3.05, 3.63) is 70.8 Å². The molecule has 2 aliphatic rings. The third kappa shape index (κ3) is 2.59. The maximum absolute atomic E-state index is 11.0. The Labute approximate surface area is 137 Å². The fourth-order valence-electron chi connectivity index (χ4n) is 4.20. The van der Waals surface area contributed by atoms with Crippen LogP contribution in [0.15, 0.2) is 48.5 Å². The zero-order chi connectivity index (χ0) is 16.0. The Kier molecular flexibility index (Phi) is 3.52. The Morgan fingerprint density at radius 2 is 1.65 bits per heavy atom. The zero-order valence-corrected chi connectivity index (χ0v) is 13.7. The molecule has 0 spiro atoms. The van der Waals surface area contributed by atoms with Crippen molar-refractivity contribution >= 4 is 0 Å². The molecule has 1 heterocycles. The molecule has 0 amide bonds. The van der Waals surface area contributed by atoms with E-state index in [-0.39, 0.29) is 12.0 Å². The summed E-state index contributed by atoms with van der Waals surface area (Å²) in [5, 5.41) is 11.0. The number of likely N-dealkylation sites (N-methyl/N-ethyl adjacent to an activating group) is 1. The highest BCUT2D eigenvalue weighted by atomic mass is 16.6. The number of benzene rings is 2. The first-order valence-corrected chi connectivity index (χ1v) is 8.26. The first-order valence-electron chi connectivity index (χ1n) is 8.26. The molecule has 4 rings (SSSR count). The molecule has 1 unspecified atom stereocenters. The van der Waals surface area contributed by atoms with Gasteiger partial charge in [0, 0.05) is 12.3 Å². The van der Waals surface area contributed by atoms with E-state index in [0.717, 1.165) is 6.42 Å². The van der Waals surface area contributed by atoms with Gasteiger partial charge in [-0.2, -0.15) is 0 Å². The highest BCUT2D eigenvalue weighted by molar-refractivity contribution is 5.45. The second-order valence-corrected chi connectivity index (χ2v) is 7.11. The van der Waals surface area contributed by atoms with E-state index in [1.54, 1.807) is 0 Å². The van der Waals surface area contributed by atoms with Crippen LogP contribution in [0.3, 0.4) is 0 Å². The number of fused-ring (bicyclic) bond motifs is 5. The molecule has 0 saturated carbocycles. The van der Waals surface area contributed by atoms with Crippen LogP contribution in [0.2, 0.25) is 0 Å². The molecule has 3 nitrogen and oxygen atoms in total. The van der Waals surface area contributed by atoms with Crippen molar-refractivity contribution in [2.75, 3.05) is 20.6 Å². The van der Waals surface area contributed by atoms with Crippen LogP contribution in [0.25, 0.3) is 0 Å². The van der Waals surface area contributed by atoms with Crippen LogP contribution in [0.1, 0.15) is 40.7 Å². The van der Waals surface area contributed by atoms with Crippen molar-refractivity contribution in [3.63, 3.8) is 0 Å². The van der Waals surface area contributed by atoms with E-state index in [9.17, 15) is 5.11 Å². The van der Waals surface area contributed by atoms with Crippen molar-refractivity contribution < 1.29 is 9.84 Å². The van der Waals surface area contributed by atoms with Gasteiger partial charge in [0.25, 0.3) is 0 Å². The molecule has 1 saturated heterocycles. The predicted octanol–water partition coefficient (Wildman–Crippen LogP) is 3.09. The first kappa shape index (κ1) is 14.9. The lowest BCUT2D eigenvalue weighted by molar-refractivity contribution is -0.200. The van der Waals surface area contributed by atoms with E-state index in [2.05, 4.69) is 48.5 Å². The lowest BCUT2D eigenvalue weighted by Crippen LogP contribution is -2.39. The molecule has 0 bridgehead atoms. The normalized spacial score (nSPS) is 28.9. The largest absolute Gasteiger partial charge is 0.364 e. The van der Waals surface area contributed by atoms with Crippen LogP contribution in [-0.4, -0.2) is 36.4 Å². The number of rotatable bonds is 2. The standard InChI is InChI=1S/C20H23NO2/c1-21(2)13-20(22)12-18-16-9-5-3-7-14(16)11-15-8-4-6-10-17(15)19(18)23-20/h3-10,18-19,22H,11-13H2,1-2H3/t18-,19-,20?/m1/s1. The van der Waals surface area contributed by atoms with Crippen molar-refractivity contribution in [1.29, 1.82) is 0 Å². The number of ether oxygens (including phenoxy) is 1. The summed E-state index contributed by atoms with van der Waals surface area (Å²) in [6, 6.07) is 17.1. The topological polar surface area (TPSA) is 32.7 Å². The SMILES string of the molecule is CN(C)CC1(O)C[C@@H]2c3ccccc3Cc3ccccc3[C@H]2O1. The van der Waals surface area contributed by atoms with Crippen molar-refractivity contribution in [2.45, 2.75) is 30.7 Å². The summed E-state index contributed by atoms with van der Waals surface area (Å²) in [5.74, 6) is -0.879. The second-order valence-electron chi connectivity index (χ2n) is 7.11. The van der Waals surface area contributed by atoms with Crippen LogP contribution >= 0.6 is 0 Å². The smallest absolute Gasteiger partial charge is 0.179 e. The Balaban J connectivity index is 1.82. The van der Waals surface area contributed by atoms with Crippen molar-refractivity contribution in [2.24, 2.45) is 0 Å². The van der Waals surface area contributed by atoms with Crippen molar-refractivity contribution in [3.8, 4) is 0 Å². The van der Waals surface area contributed by atoms with Crippen LogP contribution in [0, 0.1) is 0 Å². The van der Waals surface area contributed by atoms with E-state index in [0.29, 0.717) is 13.0 Å². The lowest BCUT2D eigenvalue weighted by Gasteiger charge is -2.27. The number of nitrogens with zero attached hydrogens (tertiary/aromatic N) is 1. The van der Waals surface area contributed by atoms with Gasteiger partial charge < -0.3 is 14.7 Å². The van der Waals surface area contributed by atoms with Crippen molar-refractivity contribution in [1.82, 2.24) is 4.90 Å². The van der Waals surface area contributed by atoms with Gasteiger partial charge in [0.15, 0.2) is 5.79 Å². The van der Waals surface area contributed by atoms with Gasteiger partial charge in [-0.15, -0.1) is 0 Å². The van der Waals surface area contributed by atoms with Gasteiger partial charge in [-0.05, 0) is 42.8 Å². The molecule has 2 aromatic rings. The highest BCUT2D eigenvalue weighted by Crippen LogP contribution is 2.52. The minimum atomic E-state index is -1.09. The van der Waals surface area contributed by atoms with Gasteiger partial charge in [-0.25, -0.2) is 0 Å². The van der Waals surface area contributed by atoms with Gasteiger partial charge in [0.2, 0.25) is 0 Å². The summed E-state index contributed by atoms with van der Waals surface area (Å²) in [4.78, 5) is 1.99. The predicted molar refractivity (Wildman–Crippen MR) is 90.4 cm³/mol. The number of hydrogen-bond acceptors (Lipinski definition) is 3. The Morgan fingerprint density at radius 1 is 1.04 bits per heavy atom. The average molecular weight is 309 g/mol. The molecule has 0 aromatic heterocycles. The summed E-state index contributed by atoms with van der Waals surface area (Å²) < 4.78 is 6.24. The summed E-state index contributed by atoms with van der Waals surface area (Å²) in [7, 11) is 3.94. The Bertz CT molecular complexity index is 672. The minimum Gasteiger partial charge on any atom is -0.364 e. The molecule has 1 aliphatic carbocycles. The molecule has 3 atom stereocenters. The molecule has 23 heavy (non-hydrogen) atoms. The fraction of sp³-hybridized carbons (Fsp3) is 0.400. The maximum atomic E-state index is 11.0. The average Bonchev–Trinajstić information content (AvgIpc) is 2.78. The molecule has 2 aromatic carbocycles. The van der Waals surface area contributed by atoms with Crippen LogP contribution in [-0.2, 0) is 11.2 Å². The van der Waals surface area contributed by atoms with E-state index in [1.807, 2.05) is 19.0 Å². The van der Waals surface area contributed by atoms with Crippen LogP contribution in [0.5, 0.6) is 0 Å². The zero-order valence-electron chi connectivity index (χ0n) is 13.7. The van der Waals surface area contributed by atoms with E-state index >= 15 is 0 Å². The Hall–Kier alpha value is -1.68. The lowest BCUT2D eigenvalue weighted by atomic mass is 9.86. The van der Waals surface area contributed by atoms with E-state index in [1.165, 1.54) is 22.3 Å². The summed E-state index contributed by atoms with van der Waals surface area (Å²) in [5.41, 5.74) is 5.21. The van der Waals surface area contributed by atoms with Gasteiger partial charge in [0.05, 0.1) is 12.6 Å². The van der Waals surface area contributed by atoms with E-state index in [4.69, 9.17) is 4.74 Å². The highest BCUT2D eigenvalue weighted by Gasteiger charge is 2.48. The van der Waals surface area contributed by atoms with Gasteiger partial charge in [0.1, 0.15) is 0 Å². The van der Waals surface area contributed by atoms with Gasteiger partial charge >= 0.3 is 0 Å².